The Bertz CT molecular complexity index is 476. The molecule has 0 radical (unpaired) electrons. The average Bonchev–Trinajstić information content (AvgIpc) is 2.86. The minimum Gasteiger partial charge on any atom is -1.00 e. The minimum atomic E-state index is -0.596. The van der Waals surface area contributed by atoms with Crippen LogP contribution in [0.5, 0.6) is 0 Å². The first-order valence-corrected chi connectivity index (χ1v) is 15.4. The van der Waals surface area contributed by atoms with Gasteiger partial charge in [0.25, 0.3) is 0 Å². The van der Waals surface area contributed by atoms with Gasteiger partial charge in [-0.1, -0.05) is 136 Å². The molecule has 0 rings (SSSR count). The Kier molecular flexibility index (Phi) is 26.9. The number of hydrogen-bond donors (Lipinski definition) is 0. The number of quaternary nitrogens is 1. The van der Waals surface area contributed by atoms with Gasteiger partial charge in [0.1, 0.15) is 0 Å². The monoisotopic (exact) mass is 529 g/mol. The van der Waals surface area contributed by atoms with Crippen molar-refractivity contribution in [3.63, 3.8) is 0 Å². The van der Waals surface area contributed by atoms with Crippen molar-refractivity contribution in [2.75, 3.05) is 7.05 Å². The van der Waals surface area contributed by atoms with Gasteiger partial charge < -0.3 is 12.4 Å². The quantitative estimate of drug-likeness (QED) is 0.107. The fourth-order valence-corrected chi connectivity index (χ4v) is 4.79. The summed E-state index contributed by atoms with van der Waals surface area (Å²) in [7, 11) is 1.59. The van der Waals surface area contributed by atoms with Crippen LogP contribution < -0.4 is 12.4 Å². The van der Waals surface area contributed by atoms with Gasteiger partial charge in [-0.15, -0.1) is 4.48 Å². The average molecular weight is 530 g/mol. The van der Waals surface area contributed by atoms with E-state index in [0.717, 1.165) is 57.8 Å². The highest BCUT2D eigenvalue weighted by Gasteiger charge is 2.45. The molecule has 0 saturated carbocycles. The predicted octanol–water partition coefficient (Wildman–Crippen LogP) is 6.44. The Morgan fingerprint density at radius 1 is 0.389 bits per heavy atom. The fraction of sp³-hybridized carbons (Fsp3) is 0.903. The van der Waals surface area contributed by atoms with Crippen LogP contribution in [0, 0.1) is 0 Å². The molecule has 0 aromatic heterocycles. The lowest BCUT2D eigenvalue weighted by Gasteiger charge is -2.26. The third kappa shape index (κ3) is 17.7. The largest absolute Gasteiger partial charge is 1.00 e. The highest BCUT2D eigenvalue weighted by Crippen LogP contribution is 2.20. The van der Waals surface area contributed by atoms with Crippen LogP contribution in [-0.4, -0.2) is 29.3 Å². The lowest BCUT2D eigenvalue weighted by Crippen LogP contribution is -3.00. The molecule has 0 atom stereocenters. The molecule has 4 nitrogen and oxygen atoms in total. The van der Waals surface area contributed by atoms with Gasteiger partial charge in [-0.2, -0.15) is 0 Å². The van der Waals surface area contributed by atoms with Gasteiger partial charge in [0.05, 0.1) is 26.3 Å². The number of imide groups is 3. The van der Waals surface area contributed by atoms with Crippen molar-refractivity contribution in [2.45, 2.75) is 175 Å². The Balaban J connectivity index is 0. The first kappa shape index (κ1) is 37.4. The second kappa shape index (κ2) is 25.9. The Labute approximate surface area is 230 Å². The molecule has 214 valence electrons. The van der Waals surface area contributed by atoms with Crippen LogP contribution >= 0.6 is 0 Å². The summed E-state index contributed by atoms with van der Waals surface area (Å²) in [5, 5.41) is 0. The maximum atomic E-state index is 13.2. The number of nitrogens with zero attached hydrogens (tertiary/aromatic N) is 1. The van der Waals surface area contributed by atoms with Crippen LogP contribution in [0.3, 0.4) is 0 Å². The number of carbonyl (C=O) groups excluding carboxylic acids is 3. The maximum absolute atomic E-state index is 13.2. The Morgan fingerprint density at radius 2 is 0.583 bits per heavy atom. The number of hydrogen-bond acceptors (Lipinski definition) is 3. The number of rotatable bonds is 24. The highest BCUT2D eigenvalue weighted by atomic mass is 35.5. The molecular formula is C31H60ClNO3. The van der Waals surface area contributed by atoms with Crippen molar-refractivity contribution in [3.8, 4) is 0 Å². The van der Waals surface area contributed by atoms with Gasteiger partial charge in [-0.25, -0.2) is 14.4 Å². The number of amides is 3. The molecule has 0 aliphatic rings. The predicted molar refractivity (Wildman–Crippen MR) is 149 cm³/mol. The van der Waals surface area contributed by atoms with E-state index in [9.17, 15) is 14.4 Å². The second-order valence-corrected chi connectivity index (χ2v) is 10.8. The lowest BCUT2D eigenvalue weighted by molar-refractivity contribution is -0.681. The first-order valence-electron chi connectivity index (χ1n) is 15.4. The van der Waals surface area contributed by atoms with Gasteiger partial charge in [-0.05, 0) is 19.3 Å². The summed E-state index contributed by atoms with van der Waals surface area (Å²) in [6, 6.07) is 0. The van der Waals surface area contributed by atoms with Crippen LogP contribution in [0.4, 0.5) is 0 Å². The summed E-state index contributed by atoms with van der Waals surface area (Å²) >= 11 is 0. The van der Waals surface area contributed by atoms with Gasteiger partial charge in [0.2, 0.25) is 0 Å². The van der Waals surface area contributed by atoms with E-state index in [4.69, 9.17) is 0 Å². The molecule has 0 aromatic carbocycles. The normalized spacial score (nSPS) is 11.3. The zero-order valence-corrected chi connectivity index (χ0v) is 25.3. The zero-order valence-electron chi connectivity index (χ0n) is 24.5. The molecule has 0 saturated heterocycles. The van der Waals surface area contributed by atoms with Crippen molar-refractivity contribution in [1.29, 1.82) is 0 Å². The van der Waals surface area contributed by atoms with E-state index in [-0.39, 0.29) is 30.1 Å². The Morgan fingerprint density at radius 3 is 0.806 bits per heavy atom. The molecule has 0 unspecified atom stereocenters. The van der Waals surface area contributed by atoms with E-state index < -0.39 is 4.48 Å². The number of unbranched alkanes of at least 4 members (excludes halogenated alkanes) is 18. The topological polar surface area (TPSA) is 51.2 Å². The van der Waals surface area contributed by atoms with E-state index in [1.165, 1.54) is 77.0 Å². The molecule has 5 heteroatoms. The second-order valence-electron chi connectivity index (χ2n) is 10.8. The van der Waals surface area contributed by atoms with Crippen LogP contribution in [0.15, 0.2) is 0 Å². The van der Waals surface area contributed by atoms with Crippen LogP contribution in [0.25, 0.3) is 0 Å². The van der Waals surface area contributed by atoms with E-state index in [1.807, 2.05) is 0 Å². The fourth-order valence-electron chi connectivity index (χ4n) is 4.79. The summed E-state index contributed by atoms with van der Waals surface area (Å²) in [5.74, 6) is -0.543. The van der Waals surface area contributed by atoms with Crippen molar-refractivity contribution >= 4 is 17.7 Å². The van der Waals surface area contributed by atoms with Crippen molar-refractivity contribution < 1.29 is 31.3 Å². The molecule has 36 heavy (non-hydrogen) atoms. The van der Waals surface area contributed by atoms with Gasteiger partial charge >= 0.3 is 17.7 Å². The number of halogens is 1. The van der Waals surface area contributed by atoms with Crippen LogP contribution in [-0.2, 0) is 14.4 Å². The molecule has 3 amide bonds. The molecule has 0 heterocycles. The third-order valence-electron chi connectivity index (χ3n) is 7.48. The summed E-state index contributed by atoms with van der Waals surface area (Å²) in [6.07, 6.45) is 24.7. The van der Waals surface area contributed by atoms with Crippen molar-refractivity contribution in [1.82, 2.24) is 0 Å². The molecule has 0 aliphatic carbocycles. The van der Waals surface area contributed by atoms with Crippen LogP contribution in [0.1, 0.15) is 175 Å². The first-order chi connectivity index (χ1) is 16.9. The standard InChI is InChI=1S/C31H60NO3.ClH/c1-5-8-11-14-17-20-23-26-29(33)32(4,30(34)27-24-21-18-15-12-9-6-2)31(35)28-25-22-19-16-13-10-7-3;/h5-28H2,1-4H3;1H/q+1;/p-1. The van der Waals surface area contributed by atoms with Gasteiger partial charge in [0.15, 0.2) is 0 Å². The SMILES string of the molecule is CCCCCCCCCC(=O)[N+](C)(C(=O)CCCCCCCCC)C(=O)CCCCCCCCC.[Cl-]. The lowest BCUT2D eigenvalue weighted by atomic mass is 10.0. The number of carbonyl (C=O) groups is 3. The van der Waals surface area contributed by atoms with E-state index >= 15 is 0 Å². The Hall–Kier alpha value is -0.740. The highest BCUT2D eigenvalue weighted by molar-refractivity contribution is 5.97. The van der Waals surface area contributed by atoms with Gasteiger partial charge in [-0.3, -0.25) is 0 Å². The van der Waals surface area contributed by atoms with E-state index in [1.54, 1.807) is 7.05 Å². The van der Waals surface area contributed by atoms with Gasteiger partial charge in [0, 0.05) is 0 Å². The molecule has 0 aromatic rings. The van der Waals surface area contributed by atoms with E-state index in [2.05, 4.69) is 20.8 Å². The van der Waals surface area contributed by atoms with Crippen molar-refractivity contribution in [3.05, 3.63) is 0 Å². The molecule has 0 bridgehead atoms. The maximum Gasteiger partial charge on any atom is 0.328 e. The molecule has 0 N–H and O–H groups in total. The summed E-state index contributed by atoms with van der Waals surface area (Å²) < 4.78 is -0.596. The van der Waals surface area contributed by atoms with Crippen molar-refractivity contribution in [2.24, 2.45) is 0 Å². The zero-order chi connectivity index (χ0) is 26.2. The minimum absolute atomic E-state index is 0. The van der Waals surface area contributed by atoms with Crippen LogP contribution in [0.2, 0.25) is 0 Å². The molecule has 0 fully saturated rings. The summed E-state index contributed by atoms with van der Waals surface area (Å²) in [6.45, 7) is 6.64. The third-order valence-corrected chi connectivity index (χ3v) is 7.48. The molecular weight excluding hydrogens is 470 g/mol. The smallest absolute Gasteiger partial charge is 0.328 e. The molecule has 0 spiro atoms. The summed E-state index contributed by atoms with van der Waals surface area (Å²) in [4.78, 5) is 39.7. The summed E-state index contributed by atoms with van der Waals surface area (Å²) in [5.41, 5.74) is 0. The molecule has 0 aliphatic heterocycles. The van der Waals surface area contributed by atoms with E-state index in [0.29, 0.717) is 19.3 Å².